The van der Waals surface area contributed by atoms with Gasteiger partial charge in [0, 0.05) is 17.4 Å². The number of amidine groups is 1. The number of amides is 5. The monoisotopic (exact) mass is 597 g/mol. The molecule has 0 bridgehead atoms. The lowest BCUT2D eigenvalue weighted by molar-refractivity contribution is -0.137. The van der Waals surface area contributed by atoms with Gasteiger partial charge in [-0.3, -0.25) is 9.69 Å². The van der Waals surface area contributed by atoms with E-state index in [0.29, 0.717) is 17.3 Å². The maximum atomic E-state index is 12.8. The van der Waals surface area contributed by atoms with Gasteiger partial charge in [0.2, 0.25) is 5.91 Å². The fraction of sp³-hybridized carbons (Fsp3) is 0.267. The van der Waals surface area contributed by atoms with Gasteiger partial charge in [-0.1, -0.05) is 49.0 Å². The number of hydrogen-bond acceptors (Lipinski definition) is 4. The predicted octanol–water partition coefficient (Wildman–Crippen LogP) is 7.00. The molecule has 0 aliphatic carbocycles. The SMILES string of the molecule is CCc1cccc(C)c1N1C(=O)CSC1=NC(=O)NC(C)Cc1ccc(NC(=O)Nc2ccc(C(F)(F)F)cc2)cc1. The molecule has 0 aromatic heterocycles. The summed E-state index contributed by atoms with van der Waals surface area (Å²) in [5.74, 6) is 0.0902. The van der Waals surface area contributed by atoms with Gasteiger partial charge < -0.3 is 16.0 Å². The van der Waals surface area contributed by atoms with Crippen LogP contribution >= 0.6 is 11.8 Å². The molecule has 0 spiro atoms. The first-order valence-electron chi connectivity index (χ1n) is 13.2. The number of urea groups is 2. The van der Waals surface area contributed by atoms with Crippen molar-refractivity contribution in [2.75, 3.05) is 21.3 Å². The second-order valence-corrected chi connectivity index (χ2v) is 10.7. The zero-order valence-corrected chi connectivity index (χ0v) is 24.0. The van der Waals surface area contributed by atoms with Crippen LogP contribution in [0.4, 0.5) is 39.8 Å². The third-order valence-corrected chi connectivity index (χ3v) is 7.41. The minimum absolute atomic E-state index is 0.120. The summed E-state index contributed by atoms with van der Waals surface area (Å²) < 4.78 is 38.1. The number of hydrogen-bond donors (Lipinski definition) is 3. The van der Waals surface area contributed by atoms with Crippen LogP contribution in [0.5, 0.6) is 0 Å². The van der Waals surface area contributed by atoms with Gasteiger partial charge >= 0.3 is 18.2 Å². The van der Waals surface area contributed by atoms with Crippen LogP contribution in [0.15, 0.2) is 71.7 Å². The molecule has 3 aromatic rings. The minimum Gasteiger partial charge on any atom is -0.333 e. The van der Waals surface area contributed by atoms with Gasteiger partial charge in [0.25, 0.3) is 0 Å². The molecule has 1 aliphatic heterocycles. The molecule has 3 aromatic carbocycles. The number of rotatable bonds is 7. The zero-order chi connectivity index (χ0) is 30.4. The van der Waals surface area contributed by atoms with E-state index in [1.807, 2.05) is 39.0 Å². The van der Waals surface area contributed by atoms with E-state index in [-0.39, 0.29) is 23.4 Å². The first-order chi connectivity index (χ1) is 19.9. The summed E-state index contributed by atoms with van der Waals surface area (Å²) in [7, 11) is 0. The van der Waals surface area contributed by atoms with Crippen molar-refractivity contribution >= 4 is 52.0 Å². The molecule has 1 fully saturated rings. The van der Waals surface area contributed by atoms with Crippen LogP contribution in [0.25, 0.3) is 0 Å². The van der Waals surface area contributed by atoms with Gasteiger partial charge in [0.05, 0.1) is 17.0 Å². The van der Waals surface area contributed by atoms with Gasteiger partial charge in [0.1, 0.15) is 0 Å². The predicted molar refractivity (Wildman–Crippen MR) is 160 cm³/mol. The lowest BCUT2D eigenvalue weighted by Gasteiger charge is -2.22. The molecular formula is C30H30F3N5O3S. The molecule has 0 saturated carbocycles. The van der Waals surface area contributed by atoms with Crippen LogP contribution in [0.1, 0.15) is 36.1 Å². The van der Waals surface area contributed by atoms with Crippen molar-refractivity contribution in [3.8, 4) is 0 Å². The Morgan fingerprint density at radius 3 is 2.21 bits per heavy atom. The van der Waals surface area contributed by atoms with E-state index >= 15 is 0 Å². The highest BCUT2D eigenvalue weighted by atomic mass is 32.2. The van der Waals surface area contributed by atoms with Crippen LogP contribution in [0, 0.1) is 6.92 Å². The number of thioether (sulfide) groups is 1. The molecule has 220 valence electrons. The Kier molecular flexibility index (Phi) is 9.56. The van der Waals surface area contributed by atoms with Crippen LogP contribution < -0.4 is 20.9 Å². The highest BCUT2D eigenvalue weighted by Gasteiger charge is 2.33. The summed E-state index contributed by atoms with van der Waals surface area (Å²) >= 11 is 1.23. The zero-order valence-electron chi connectivity index (χ0n) is 23.2. The fourth-order valence-electron chi connectivity index (χ4n) is 4.48. The molecule has 1 aliphatic rings. The number of aryl methyl sites for hydroxylation is 2. The fourth-order valence-corrected chi connectivity index (χ4v) is 5.34. The van der Waals surface area contributed by atoms with E-state index in [2.05, 4.69) is 20.9 Å². The van der Waals surface area contributed by atoms with Gasteiger partial charge in [0.15, 0.2) is 5.17 Å². The number of carbonyl (C=O) groups excluding carboxylic acids is 3. The Morgan fingerprint density at radius 1 is 1.00 bits per heavy atom. The van der Waals surface area contributed by atoms with Crippen molar-refractivity contribution in [2.45, 2.75) is 45.8 Å². The number of anilines is 3. The van der Waals surface area contributed by atoms with Gasteiger partial charge in [-0.2, -0.15) is 18.2 Å². The molecule has 3 N–H and O–H groups in total. The molecule has 4 rings (SSSR count). The Hall–Kier alpha value is -4.32. The summed E-state index contributed by atoms with van der Waals surface area (Å²) in [5, 5.41) is 8.31. The molecular weight excluding hydrogens is 567 g/mol. The highest BCUT2D eigenvalue weighted by Crippen LogP contribution is 2.33. The number of halogens is 3. The third-order valence-electron chi connectivity index (χ3n) is 6.48. The van der Waals surface area contributed by atoms with Crippen molar-refractivity contribution in [1.82, 2.24) is 5.32 Å². The number of benzene rings is 3. The smallest absolute Gasteiger partial charge is 0.333 e. The van der Waals surface area contributed by atoms with E-state index in [1.54, 1.807) is 24.3 Å². The molecule has 1 saturated heterocycles. The van der Waals surface area contributed by atoms with Gasteiger partial charge in [-0.15, -0.1) is 0 Å². The highest BCUT2D eigenvalue weighted by molar-refractivity contribution is 8.15. The standard InChI is InChI=1S/C30H30F3N5O3S/c1-4-21-7-5-6-18(2)26(21)38-25(39)17-42-29(38)37-27(40)34-19(3)16-20-8-12-23(13-9-20)35-28(41)36-24-14-10-22(11-15-24)30(31,32)33/h5-15,19H,4,16-17H2,1-3H3,(H,34,40)(H2,35,36,41). The first kappa shape index (κ1) is 30.6. The average molecular weight is 598 g/mol. The van der Waals surface area contributed by atoms with E-state index in [1.165, 1.54) is 28.8 Å². The van der Waals surface area contributed by atoms with Crippen molar-refractivity contribution in [3.05, 3.63) is 89.0 Å². The van der Waals surface area contributed by atoms with Crippen molar-refractivity contribution in [3.63, 3.8) is 0 Å². The second-order valence-electron chi connectivity index (χ2n) is 9.75. The molecule has 1 heterocycles. The lowest BCUT2D eigenvalue weighted by atomic mass is 10.0. The van der Waals surface area contributed by atoms with Crippen LogP contribution in [-0.4, -0.2) is 34.9 Å². The number of nitrogens with one attached hydrogen (secondary N) is 3. The number of nitrogens with zero attached hydrogens (tertiary/aromatic N) is 2. The summed E-state index contributed by atoms with van der Waals surface area (Å²) in [5.41, 5.74) is 3.50. The first-order valence-corrected chi connectivity index (χ1v) is 14.2. The summed E-state index contributed by atoms with van der Waals surface area (Å²) in [6.45, 7) is 5.78. The van der Waals surface area contributed by atoms with Crippen LogP contribution in [-0.2, 0) is 23.8 Å². The molecule has 0 radical (unpaired) electrons. The van der Waals surface area contributed by atoms with E-state index in [4.69, 9.17) is 0 Å². The average Bonchev–Trinajstić information content (AvgIpc) is 3.28. The molecule has 12 heteroatoms. The van der Waals surface area contributed by atoms with E-state index < -0.39 is 23.8 Å². The molecule has 1 unspecified atom stereocenters. The number of alkyl halides is 3. The summed E-state index contributed by atoms with van der Waals surface area (Å²) in [4.78, 5) is 43.4. The number of carbonyl (C=O) groups is 3. The Labute approximate surface area is 245 Å². The molecule has 1 atom stereocenters. The maximum absolute atomic E-state index is 12.8. The topological polar surface area (TPSA) is 103 Å². The maximum Gasteiger partial charge on any atom is 0.416 e. The van der Waals surface area contributed by atoms with Crippen molar-refractivity contribution in [1.29, 1.82) is 0 Å². The van der Waals surface area contributed by atoms with Crippen LogP contribution in [0.3, 0.4) is 0 Å². The van der Waals surface area contributed by atoms with E-state index in [0.717, 1.165) is 40.9 Å². The Balaban J connectivity index is 1.31. The number of aliphatic imine (C=N–C) groups is 1. The Bertz CT molecular complexity index is 1490. The molecule has 42 heavy (non-hydrogen) atoms. The quantitative estimate of drug-likeness (QED) is 0.273. The van der Waals surface area contributed by atoms with Gasteiger partial charge in [-0.25, -0.2) is 9.59 Å². The molecule has 5 amide bonds. The molecule has 8 nitrogen and oxygen atoms in total. The van der Waals surface area contributed by atoms with Crippen LogP contribution in [0.2, 0.25) is 0 Å². The summed E-state index contributed by atoms with van der Waals surface area (Å²) in [6, 6.07) is 15.5. The van der Waals surface area contributed by atoms with Gasteiger partial charge in [-0.05, 0) is 79.8 Å². The lowest BCUT2D eigenvalue weighted by Crippen LogP contribution is -2.35. The largest absolute Gasteiger partial charge is 0.416 e. The Morgan fingerprint density at radius 2 is 1.62 bits per heavy atom. The normalized spacial score (nSPS) is 15.0. The summed E-state index contributed by atoms with van der Waals surface area (Å²) in [6.07, 6.45) is -3.23. The van der Waals surface area contributed by atoms with Crippen molar-refractivity contribution < 1.29 is 27.6 Å². The second kappa shape index (κ2) is 13.1. The van der Waals surface area contributed by atoms with E-state index in [9.17, 15) is 27.6 Å². The minimum atomic E-state index is -4.45. The third kappa shape index (κ3) is 7.69. The number of para-hydroxylation sites is 1. The van der Waals surface area contributed by atoms with Crippen molar-refractivity contribution in [2.24, 2.45) is 4.99 Å².